The standard InChI is InChI=1S/C18H19ClN4O/c1-11-4-5-23(11)17(24)14-9-20-18(21-10-14)22-16-7-12-2-3-15(19)6-13(12)8-16/h2-3,6,9-11,16H,4-5,7-8H2,1H3,(H,20,21,22). The van der Waals surface area contributed by atoms with E-state index < -0.39 is 0 Å². The number of nitrogens with zero attached hydrogens (tertiary/aromatic N) is 3. The van der Waals surface area contributed by atoms with Gasteiger partial charge in [0.15, 0.2) is 0 Å². The molecule has 2 unspecified atom stereocenters. The van der Waals surface area contributed by atoms with Crippen LogP contribution in [0.5, 0.6) is 0 Å². The van der Waals surface area contributed by atoms with Crippen molar-refractivity contribution in [2.24, 2.45) is 0 Å². The van der Waals surface area contributed by atoms with Crippen molar-refractivity contribution in [2.45, 2.75) is 38.3 Å². The summed E-state index contributed by atoms with van der Waals surface area (Å²) in [5.41, 5.74) is 3.14. The molecule has 2 heterocycles. The molecule has 6 heteroatoms. The fourth-order valence-corrected chi connectivity index (χ4v) is 3.56. The van der Waals surface area contributed by atoms with Gasteiger partial charge >= 0.3 is 0 Å². The van der Waals surface area contributed by atoms with Crippen molar-refractivity contribution in [1.29, 1.82) is 0 Å². The molecule has 124 valence electrons. The maximum Gasteiger partial charge on any atom is 0.257 e. The third-order valence-corrected chi connectivity index (χ3v) is 5.15. The predicted molar refractivity (Wildman–Crippen MR) is 93.4 cm³/mol. The molecule has 2 aliphatic rings. The monoisotopic (exact) mass is 342 g/mol. The van der Waals surface area contributed by atoms with E-state index in [1.165, 1.54) is 11.1 Å². The van der Waals surface area contributed by atoms with E-state index >= 15 is 0 Å². The number of amides is 1. The number of carbonyl (C=O) groups excluding carboxylic acids is 1. The summed E-state index contributed by atoms with van der Waals surface area (Å²) in [7, 11) is 0. The molecular formula is C18H19ClN4O. The molecule has 2 aromatic rings. The van der Waals surface area contributed by atoms with Gasteiger partial charge in [0, 0.05) is 36.0 Å². The van der Waals surface area contributed by atoms with Gasteiger partial charge in [-0.1, -0.05) is 17.7 Å². The van der Waals surface area contributed by atoms with E-state index in [9.17, 15) is 4.79 Å². The van der Waals surface area contributed by atoms with E-state index in [0.29, 0.717) is 17.6 Å². The van der Waals surface area contributed by atoms with Gasteiger partial charge < -0.3 is 10.2 Å². The Morgan fingerprint density at radius 1 is 1.25 bits per heavy atom. The molecule has 0 radical (unpaired) electrons. The molecule has 0 saturated carbocycles. The van der Waals surface area contributed by atoms with Gasteiger partial charge in [-0.25, -0.2) is 9.97 Å². The second-order valence-corrected chi connectivity index (χ2v) is 7.03. The SMILES string of the molecule is CC1CCN1C(=O)c1cnc(NC2Cc3ccc(Cl)cc3C2)nc1. The van der Waals surface area contributed by atoms with Crippen molar-refractivity contribution in [3.63, 3.8) is 0 Å². The molecule has 1 N–H and O–H groups in total. The quantitative estimate of drug-likeness (QED) is 0.931. The molecule has 1 fully saturated rings. The van der Waals surface area contributed by atoms with Gasteiger partial charge in [-0.3, -0.25) is 4.79 Å². The van der Waals surface area contributed by atoms with Crippen molar-refractivity contribution in [3.05, 3.63) is 52.3 Å². The summed E-state index contributed by atoms with van der Waals surface area (Å²) < 4.78 is 0. The normalized spacial score (nSPS) is 22.0. The highest BCUT2D eigenvalue weighted by Gasteiger charge is 2.29. The zero-order valence-electron chi connectivity index (χ0n) is 13.5. The minimum absolute atomic E-state index is 0.0169. The van der Waals surface area contributed by atoms with Crippen molar-refractivity contribution in [3.8, 4) is 0 Å². The molecule has 0 spiro atoms. The average Bonchev–Trinajstić information content (AvgIpc) is 2.95. The van der Waals surface area contributed by atoms with Crippen molar-refractivity contribution in [1.82, 2.24) is 14.9 Å². The molecule has 1 aliphatic carbocycles. The molecule has 5 nitrogen and oxygen atoms in total. The molecule has 1 saturated heterocycles. The van der Waals surface area contributed by atoms with Gasteiger partial charge in [-0.05, 0) is 49.4 Å². The number of hydrogen-bond donors (Lipinski definition) is 1. The predicted octanol–water partition coefficient (Wildman–Crippen LogP) is 2.94. The van der Waals surface area contributed by atoms with E-state index in [4.69, 9.17) is 11.6 Å². The van der Waals surface area contributed by atoms with Gasteiger partial charge in [-0.2, -0.15) is 0 Å². The van der Waals surface area contributed by atoms with Crippen molar-refractivity contribution in [2.75, 3.05) is 11.9 Å². The van der Waals surface area contributed by atoms with E-state index in [0.717, 1.165) is 30.8 Å². The highest BCUT2D eigenvalue weighted by atomic mass is 35.5. The van der Waals surface area contributed by atoms with Crippen LogP contribution in [0.25, 0.3) is 0 Å². The highest BCUT2D eigenvalue weighted by molar-refractivity contribution is 6.30. The zero-order chi connectivity index (χ0) is 16.7. The molecule has 1 aliphatic heterocycles. The first-order valence-electron chi connectivity index (χ1n) is 8.27. The minimum Gasteiger partial charge on any atom is -0.351 e. The fourth-order valence-electron chi connectivity index (χ4n) is 3.37. The maximum atomic E-state index is 12.3. The number of nitrogens with one attached hydrogen (secondary N) is 1. The third kappa shape index (κ3) is 2.84. The van der Waals surface area contributed by atoms with Crippen LogP contribution in [-0.2, 0) is 12.8 Å². The number of likely N-dealkylation sites (tertiary alicyclic amines) is 1. The number of hydrogen-bond acceptors (Lipinski definition) is 4. The lowest BCUT2D eigenvalue weighted by molar-refractivity contribution is 0.0501. The number of benzene rings is 1. The average molecular weight is 343 g/mol. The Hall–Kier alpha value is -2.14. The molecule has 24 heavy (non-hydrogen) atoms. The van der Waals surface area contributed by atoms with Crippen LogP contribution in [0.15, 0.2) is 30.6 Å². The number of aromatic nitrogens is 2. The molecule has 1 aromatic carbocycles. The number of fused-ring (bicyclic) bond motifs is 1. The summed E-state index contributed by atoms with van der Waals surface area (Å²) in [6.45, 7) is 2.88. The van der Waals surface area contributed by atoms with Crippen LogP contribution in [0, 0.1) is 0 Å². The smallest absolute Gasteiger partial charge is 0.257 e. The number of rotatable bonds is 3. The molecule has 1 aromatic heterocycles. The second-order valence-electron chi connectivity index (χ2n) is 6.59. The van der Waals surface area contributed by atoms with Crippen molar-refractivity contribution < 1.29 is 4.79 Å². The Kier molecular flexibility index (Phi) is 3.88. The van der Waals surface area contributed by atoms with E-state index in [1.54, 1.807) is 12.4 Å². The first-order chi connectivity index (χ1) is 11.6. The van der Waals surface area contributed by atoms with Crippen LogP contribution >= 0.6 is 11.6 Å². The lowest BCUT2D eigenvalue weighted by Gasteiger charge is -2.38. The van der Waals surface area contributed by atoms with Gasteiger partial charge in [0.05, 0.1) is 5.56 Å². The Labute approximate surface area is 146 Å². The second kappa shape index (κ2) is 6.06. The summed E-state index contributed by atoms with van der Waals surface area (Å²) in [5.74, 6) is 0.579. The minimum atomic E-state index is 0.0169. The Morgan fingerprint density at radius 3 is 2.67 bits per heavy atom. The molecular weight excluding hydrogens is 324 g/mol. The highest BCUT2D eigenvalue weighted by Crippen LogP contribution is 2.26. The molecule has 4 rings (SSSR count). The fraction of sp³-hybridized carbons (Fsp3) is 0.389. The summed E-state index contributed by atoms with van der Waals surface area (Å²) in [6.07, 6.45) is 6.13. The van der Waals surface area contributed by atoms with E-state index in [1.807, 2.05) is 17.0 Å². The van der Waals surface area contributed by atoms with Crippen LogP contribution < -0.4 is 5.32 Å². The summed E-state index contributed by atoms with van der Waals surface area (Å²) in [4.78, 5) is 22.8. The largest absolute Gasteiger partial charge is 0.351 e. The number of halogens is 1. The molecule has 0 bridgehead atoms. The Bertz CT molecular complexity index is 777. The van der Waals surface area contributed by atoms with Gasteiger partial charge in [0.2, 0.25) is 5.95 Å². The number of carbonyl (C=O) groups is 1. The Balaban J connectivity index is 1.40. The third-order valence-electron chi connectivity index (χ3n) is 4.91. The summed E-state index contributed by atoms with van der Waals surface area (Å²) in [6, 6.07) is 6.61. The van der Waals surface area contributed by atoms with Crippen LogP contribution in [-0.4, -0.2) is 39.4 Å². The lowest BCUT2D eigenvalue weighted by Crippen LogP contribution is -2.49. The topological polar surface area (TPSA) is 58.1 Å². The molecule has 1 amide bonds. The zero-order valence-corrected chi connectivity index (χ0v) is 14.3. The van der Waals surface area contributed by atoms with E-state index in [2.05, 4.69) is 28.3 Å². The molecule has 2 atom stereocenters. The van der Waals surface area contributed by atoms with Crippen LogP contribution in [0.1, 0.15) is 34.8 Å². The first-order valence-corrected chi connectivity index (χ1v) is 8.65. The van der Waals surface area contributed by atoms with Crippen LogP contribution in [0.4, 0.5) is 5.95 Å². The Morgan fingerprint density at radius 2 is 2.00 bits per heavy atom. The maximum absolute atomic E-state index is 12.3. The van der Waals surface area contributed by atoms with Crippen molar-refractivity contribution >= 4 is 23.5 Å². The van der Waals surface area contributed by atoms with Crippen LogP contribution in [0.2, 0.25) is 5.02 Å². The lowest BCUT2D eigenvalue weighted by atomic mass is 10.0. The summed E-state index contributed by atoms with van der Waals surface area (Å²) in [5, 5.41) is 4.12. The first kappa shape index (κ1) is 15.4. The van der Waals surface area contributed by atoms with Gasteiger partial charge in [-0.15, -0.1) is 0 Å². The summed E-state index contributed by atoms with van der Waals surface area (Å²) >= 11 is 6.05. The number of anilines is 1. The van der Waals surface area contributed by atoms with Gasteiger partial charge in [0.1, 0.15) is 0 Å². The van der Waals surface area contributed by atoms with Crippen LogP contribution in [0.3, 0.4) is 0 Å². The van der Waals surface area contributed by atoms with E-state index in [-0.39, 0.29) is 11.9 Å². The van der Waals surface area contributed by atoms with Gasteiger partial charge in [0.25, 0.3) is 5.91 Å².